The Morgan fingerprint density at radius 1 is 1.31 bits per heavy atom. The summed E-state index contributed by atoms with van der Waals surface area (Å²) in [5.74, 6) is 0.951. The molecule has 1 heterocycles. The summed E-state index contributed by atoms with van der Waals surface area (Å²) < 4.78 is 0. The van der Waals surface area contributed by atoms with Gasteiger partial charge in [0.1, 0.15) is 11.6 Å². The second-order valence-electron chi connectivity index (χ2n) is 2.91. The minimum Gasteiger partial charge on any atom is -0.507 e. The van der Waals surface area contributed by atoms with Crippen LogP contribution in [0.2, 0.25) is 0 Å². The molecule has 0 aliphatic rings. The number of nitrogens with one attached hydrogen (secondary N) is 1. The highest BCUT2D eigenvalue weighted by Crippen LogP contribution is 2.25. The molecule has 0 radical (unpaired) electrons. The summed E-state index contributed by atoms with van der Waals surface area (Å²) >= 11 is 0. The molecular weight excluding hydrogens is 164 g/mol. The second kappa shape index (κ2) is 2.94. The van der Waals surface area contributed by atoms with E-state index in [1.165, 1.54) is 0 Å². The van der Waals surface area contributed by atoms with Crippen LogP contribution in [0.15, 0.2) is 30.5 Å². The van der Waals surface area contributed by atoms with E-state index in [1.807, 2.05) is 25.3 Å². The zero-order valence-corrected chi connectivity index (χ0v) is 7.28. The first-order valence-corrected chi connectivity index (χ1v) is 4.08. The van der Waals surface area contributed by atoms with E-state index in [0.717, 1.165) is 11.3 Å². The zero-order valence-electron chi connectivity index (χ0n) is 7.28. The molecule has 0 fully saturated rings. The topological polar surface area (TPSA) is 48.9 Å². The molecule has 2 N–H and O–H groups in total. The molecule has 3 nitrogen and oxygen atoms in total. The van der Waals surface area contributed by atoms with Crippen molar-refractivity contribution in [3.05, 3.63) is 36.2 Å². The third kappa shape index (κ3) is 1.40. The minimum absolute atomic E-state index is 0.247. The van der Waals surface area contributed by atoms with Crippen LogP contribution >= 0.6 is 0 Å². The molecular formula is C10H10N2O. The van der Waals surface area contributed by atoms with Gasteiger partial charge in [0, 0.05) is 6.20 Å². The number of phenols is 1. The lowest BCUT2D eigenvalue weighted by Gasteiger charge is -1.98. The average Bonchev–Trinajstić information content (AvgIpc) is 2.53. The van der Waals surface area contributed by atoms with Crippen molar-refractivity contribution in [2.45, 2.75) is 6.92 Å². The third-order valence-electron chi connectivity index (χ3n) is 1.87. The molecule has 0 saturated heterocycles. The van der Waals surface area contributed by atoms with Crippen LogP contribution in [-0.4, -0.2) is 15.1 Å². The van der Waals surface area contributed by atoms with Gasteiger partial charge in [-0.1, -0.05) is 12.1 Å². The first kappa shape index (κ1) is 7.86. The Morgan fingerprint density at radius 2 is 2.08 bits per heavy atom. The van der Waals surface area contributed by atoms with Crippen LogP contribution in [0.1, 0.15) is 5.69 Å². The lowest BCUT2D eigenvalue weighted by Crippen LogP contribution is -1.80. The molecule has 0 bridgehead atoms. The molecule has 2 rings (SSSR count). The predicted octanol–water partition coefficient (Wildman–Crippen LogP) is 2.09. The van der Waals surface area contributed by atoms with Gasteiger partial charge in [-0.2, -0.15) is 0 Å². The van der Waals surface area contributed by atoms with Gasteiger partial charge in [0.05, 0.1) is 11.3 Å². The van der Waals surface area contributed by atoms with Gasteiger partial charge in [0.25, 0.3) is 0 Å². The smallest absolute Gasteiger partial charge is 0.141 e. The molecule has 0 atom stereocenters. The Balaban J connectivity index is 2.52. The zero-order chi connectivity index (χ0) is 9.26. The Kier molecular flexibility index (Phi) is 1.77. The Hall–Kier alpha value is -1.77. The second-order valence-corrected chi connectivity index (χ2v) is 2.91. The third-order valence-corrected chi connectivity index (χ3v) is 1.87. The van der Waals surface area contributed by atoms with Crippen molar-refractivity contribution in [3.8, 4) is 17.1 Å². The maximum absolute atomic E-state index is 9.51. The molecule has 13 heavy (non-hydrogen) atoms. The largest absolute Gasteiger partial charge is 0.507 e. The molecule has 1 aromatic carbocycles. The van der Waals surface area contributed by atoms with E-state index in [1.54, 1.807) is 12.1 Å². The van der Waals surface area contributed by atoms with Crippen molar-refractivity contribution >= 4 is 0 Å². The van der Waals surface area contributed by atoms with Crippen LogP contribution in [-0.2, 0) is 0 Å². The van der Waals surface area contributed by atoms with E-state index >= 15 is 0 Å². The normalized spacial score (nSPS) is 10.2. The Labute approximate surface area is 76.1 Å². The molecule has 3 heteroatoms. The number of aromatic hydroxyl groups is 1. The van der Waals surface area contributed by atoms with Gasteiger partial charge in [-0.05, 0) is 19.1 Å². The number of rotatable bonds is 1. The van der Waals surface area contributed by atoms with Gasteiger partial charge >= 0.3 is 0 Å². The molecule has 0 spiro atoms. The molecule has 0 saturated carbocycles. The summed E-state index contributed by atoms with van der Waals surface area (Å²) in [6.07, 6.45) is 1.81. The van der Waals surface area contributed by atoms with Crippen molar-refractivity contribution in [2.75, 3.05) is 0 Å². The lowest BCUT2D eigenvalue weighted by molar-refractivity contribution is 0.477. The summed E-state index contributed by atoms with van der Waals surface area (Å²) in [4.78, 5) is 7.22. The summed E-state index contributed by atoms with van der Waals surface area (Å²) in [6, 6.07) is 7.13. The fraction of sp³-hybridized carbons (Fsp3) is 0.100. The number of hydrogen-bond acceptors (Lipinski definition) is 2. The van der Waals surface area contributed by atoms with Crippen LogP contribution < -0.4 is 0 Å². The maximum Gasteiger partial charge on any atom is 0.141 e. The molecule has 66 valence electrons. The highest BCUT2D eigenvalue weighted by molar-refractivity contribution is 5.63. The minimum atomic E-state index is 0.247. The number of aromatic nitrogens is 2. The lowest BCUT2D eigenvalue weighted by atomic mass is 10.2. The first-order chi connectivity index (χ1) is 6.27. The van der Waals surface area contributed by atoms with E-state index in [0.29, 0.717) is 5.82 Å². The summed E-state index contributed by atoms with van der Waals surface area (Å²) in [6.45, 7) is 1.90. The number of para-hydroxylation sites is 1. The molecule has 0 aliphatic heterocycles. The number of hydrogen-bond donors (Lipinski definition) is 2. The van der Waals surface area contributed by atoms with Crippen LogP contribution in [0.3, 0.4) is 0 Å². The van der Waals surface area contributed by atoms with E-state index < -0.39 is 0 Å². The average molecular weight is 174 g/mol. The van der Waals surface area contributed by atoms with Gasteiger partial charge in [0.2, 0.25) is 0 Å². The summed E-state index contributed by atoms with van der Waals surface area (Å²) in [5.41, 5.74) is 1.65. The number of H-pyrrole nitrogens is 1. The van der Waals surface area contributed by atoms with E-state index in [-0.39, 0.29) is 5.75 Å². The maximum atomic E-state index is 9.51. The van der Waals surface area contributed by atoms with Crippen LogP contribution in [0, 0.1) is 6.92 Å². The summed E-state index contributed by atoms with van der Waals surface area (Å²) in [7, 11) is 0. The van der Waals surface area contributed by atoms with Crippen molar-refractivity contribution in [3.63, 3.8) is 0 Å². The van der Waals surface area contributed by atoms with Gasteiger partial charge in [-0.3, -0.25) is 0 Å². The predicted molar refractivity (Wildman–Crippen MR) is 50.4 cm³/mol. The van der Waals surface area contributed by atoms with Crippen molar-refractivity contribution in [2.24, 2.45) is 0 Å². The van der Waals surface area contributed by atoms with Crippen molar-refractivity contribution in [1.29, 1.82) is 0 Å². The monoisotopic (exact) mass is 174 g/mol. The Bertz CT molecular complexity index is 420. The number of nitrogens with zero attached hydrogens (tertiary/aromatic N) is 1. The van der Waals surface area contributed by atoms with E-state index in [9.17, 15) is 5.11 Å². The molecule has 0 amide bonds. The van der Waals surface area contributed by atoms with Crippen molar-refractivity contribution in [1.82, 2.24) is 9.97 Å². The SMILES string of the molecule is Cc1c[nH]c(-c2ccccc2O)n1. The molecule has 0 aliphatic carbocycles. The number of imidazole rings is 1. The van der Waals surface area contributed by atoms with E-state index in [4.69, 9.17) is 0 Å². The quantitative estimate of drug-likeness (QED) is 0.695. The van der Waals surface area contributed by atoms with E-state index in [2.05, 4.69) is 9.97 Å². The number of phenolic OH excluding ortho intramolecular Hbond substituents is 1. The van der Waals surface area contributed by atoms with Gasteiger partial charge < -0.3 is 10.1 Å². The molecule has 2 aromatic rings. The van der Waals surface area contributed by atoms with Gasteiger partial charge in [0.15, 0.2) is 0 Å². The highest BCUT2D eigenvalue weighted by atomic mass is 16.3. The van der Waals surface area contributed by atoms with Crippen LogP contribution in [0.5, 0.6) is 5.75 Å². The van der Waals surface area contributed by atoms with Gasteiger partial charge in [-0.15, -0.1) is 0 Å². The number of aromatic amines is 1. The first-order valence-electron chi connectivity index (χ1n) is 4.08. The standard InChI is InChI=1S/C10H10N2O/c1-7-6-11-10(12-7)8-4-2-3-5-9(8)13/h2-6,13H,1H3,(H,11,12). The number of benzene rings is 1. The summed E-state index contributed by atoms with van der Waals surface area (Å²) in [5, 5.41) is 9.51. The molecule has 1 aromatic heterocycles. The highest BCUT2D eigenvalue weighted by Gasteiger charge is 2.05. The fourth-order valence-electron chi connectivity index (χ4n) is 1.23. The van der Waals surface area contributed by atoms with Crippen LogP contribution in [0.4, 0.5) is 0 Å². The Morgan fingerprint density at radius 3 is 2.69 bits per heavy atom. The van der Waals surface area contributed by atoms with Crippen molar-refractivity contribution < 1.29 is 5.11 Å². The number of aryl methyl sites for hydroxylation is 1. The van der Waals surface area contributed by atoms with Crippen LogP contribution in [0.25, 0.3) is 11.4 Å². The van der Waals surface area contributed by atoms with Gasteiger partial charge in [-0.25, -0.2) is 4.98 Å². The molecule has 0 unspecified atom stereocenters. The fourth-order valence-corrected chi connectivity index (χ4v) is 1.23.